The van der Waals surface area contributed by atoms with Crippen molar-refractivity contribution in [2.75, 3.05) is 44.7 Å². The second kappa shape index (κ2) is 9.94. The van der Waals surface area contributed by atoms with Gasteiger partial charge >= 0.3 is 6.09 Å². The fraction of sp³-hybridized carbons (Fsp3) is 0.417. The van der Waals surface area contributed by atoms with Crippen LogP contribution in [0.5, 0.6) is 0 Å². The molecular weight excluding hydrogens is 394 g/mol. The summed E-state index contributed by atoms with van der Waals surface area (Å²) in [5.74, 6) is -0.192. The lowest BCUT2D eigenvalue weighted by Gasteiger charge is -2.26. The van der Waals surface area contributed by atoms with Gasteiger partial charge in [-0.3, -0.25) is 9.69 Å². The van der Waals surface area contributed by atoms with Crippen LogP contribution in [0.1, 0.15) is 40.4 Å². The third-order valence-electron chi connectivity index (χ3n) is 6.06. The highest BCUT2D eigenvalue weighted by atomic mass is 16.5. The lowest BCUT2D eigenvalue weighted by atomic mass is 10.0. The van der Waals surface area contributed by atoms with Gasteiger partial charge in [-0.1, -0.05) is 24.3 Å². The number of carbonyl (C=O) groups is 2. The van der Waals surface area contributed by atoms with Gasteiger partial charge in [-0.2, -0.15) is 0 Å². The standard InChI is InChI=1S/C24H29N3O4/c28-23(20-4-1-3-19(17-20)22-5-2-11-27(22)24(29)30)25-21-8-6-18(7-9-21)10-12-26-13-15-31-16-14-26/h1,3-4,6-9,17,22H,2,5,10-16H2,(H,25,28)(H,29,30)/t22-/m1/s1. The molecule has 0 radical (unpaired) electrons. The molecule has 2 aliphatic heterocycles. The Labute approximate surface area is 182 Å². The Morgan fingerprint density at radius 3 is 2.58 bits per heavy atom. The quantitative estimate of drug-likeness (QED) is 0.742. The maximum Gasteiger partial charge on any atom is 0.407 e. The molecule has 0 aromatic heterocycles. The molecule has 2 aromatic carbocycles. The second-order valence-electron chi connectivity index (χ2n) is 8.11. The maximum atomic E-state index is 12.8. The largest absolute Gasteiger partial charge is 0.465 e. The number of carboxylic acid groups (broad SMARTS) is 1. The summed E-state index contributed by atoms with van der Waals surface area (Å²) in [7, 11) is 0. The molecular formula is C24H29N3O4. The van der Waals surface area contributed by atoms with Crippen LogP contribution in [-0.4, -0.2) is 66.3 Å². The van der Waals surface area contributed by atoms with Crippen molar-refractivity contribution in [1.82, 2.24) is 9.80 Å². The van der Waals surface area contributed by atoms with E-state index in [-0.39, 0.29) is 11.9 Å². The molecule has 0 unspecified atom stereocenters. The molecule has 0 aliphatic carbocycles. The number of amides is 2. The normalized spacial score (nSPS) is 19.4. The fourth-order valence-corrected chi connectivity index (χ4v) is 4.30. The SMILES string of the molecule is O=C(Nc1ccc(CCN2CCOCC2)cc1)c1cccc([C@H]2CCCN2C(=O)O)c1. The molecule has 31 heavy (non-hydrogen) atoms. The van der Waals surface area contributed by atoms with E-state index in [4.69, 9.17) is 4.74 Å². The summed E-state index contributed by atoms with van der Waals surface area (Å²) < 4.78 is 5.38. The number of carbonyl (C=O) groups excluding carboxylic acids is 1. The van der Waals surface area contributed by atoms with Gasteiger partial charge in [0.15, 0.2) is 0 Å². The van der Waals surface area contributed by atoms with E-state index in [2.05, 4.69) is 22.3 Å². The van der Waals surface area contributed by atoms with Crippen LogP contribution in [-0.2, 0) is 11.2 Å². The first-order chi connectivity index (χ1) is 15.1. The average molecular weight is 424 g/mol. The van der Waals surface area contributed by atoms with Crippen molar-refractivity contribution < 1.29 is 19.4 Å². The number of rotatable bonds is 6. The molecule has 2 amide bonds. The summed E-state index contributed by atoms with van der Waals surface area (Å²) in [5, 5.41) is 12.3. The summed E-state index contributed by atoms with van der Waals surface area (Å²) in [6.45, 7) is 5.13. The van der Waals surface area contributed by atoms with Gasteiger partial charge in [0.1, 0.15) is 0 Å². The van der Waals surface area contributed by atoms with Crippen molar-refractivity contribution in [1.29, 1.82) is 0 Å². The number of benzene rings is 2. The monoisotopic (exact) mass is 423 g/mol. The van der Waals surface area contributed by atoms with Gasteiger partial charge in [-0.15, -0.1) is 0 Å². The Kier molecular flexibility index (Phi) is 6.84. The van der Waals surface area contributed by atoms with Crippen LogP contribution in [0.15, 0.2) is 48.5 Å². The first kappa shape index (κ1) is 21.3. The van der Waals surface area contributed by atoms with E-state index in [9.17, 15) is 14.7 Å². The van der Waals surface area contributed by atoms with Gasteiger partial charge in [-0.25, -0.2) is 4.79 Å². The highest BCUT2D eigenvalue weighted by Gasteiger charge is 2.30. The third kappa shape index (κ3) is 5.42. The molecule has 0 spiro atoms. The van der Waals surface area contributed by atoms with Crippen LogP contribution >= 0.6 is 0 Å². The zero-order valence-corrected chi connectivity index (χ0v) is 17.6. The average Bonchev–Trinajstić information content (AvgIpc) is 3.30. The van der Waals surface area contributed by atoms with Crippen molar-refractivity contribution in [3.8, 4) is 0 Å². The summed E-state index contributed by atoms with van der Waals surface area (Å²) in [6.07, 6.45) is 1.68. The summed E-state index contributed by atoms with van der Waals surface area (Å²) in [5.41, 5.74) is 3.39. The number of nitrogens with zero attached hydrogens (tertiary/aromatic N) is 2. The van der Waals surface area contributed by atoms with Crippen LogP contribution in [0.25, 0.3) is 0 Å². The van der Waals surface area contributed by atoms with Crippen LogP contribution in [0.2, 0.25) is 0 Å². The number of nitrogens with one attached hydrogen (secondary N) is 1. The minimum Gasteiger partial charge on any atom is -0.465 e. The Morgan fingerprint density at radius 2 is 1.84 bits per heavy atom. The number of ether oxygens (including phenoxy) is 1. The molecule has 0 saturated carbocycles. The first-order valence-corrected chi connectivity index (χ1v) is 10.9. The van der Waals surface area contributed by atoms with Crippen molar-refractivity contribution >= 4 is 17.7 Å². The molecule has 4 rings (SSSR count). The van der Waals surface area contributed by atoms with Crippen molar-refractivity contribution in [2.45, 2.75) is 25.3 Å². The van der Waals surface area contributed by atoms with Crippen molar-refractivity contribution in [3.63, 3.8) is 0 Å². The molecule has 2 aliphatic rings. The Bertz CT molecular complexity index is 909. The third-order valence-corrected chi connectivity index (χ3v) is 6.06. The predicted molar refractivity (Wildman–Crippen MR) is 119 cm³/mol. The molecule has 7 nitrogen and oxygen atoms in total. The number of hydrogen-bond donors (Lipinski definition) is 2. The predicted octanol–water partition coefficient (Wildman–Crippen LogP) is 3.63. The lowest BCUT2D eigenvalue weighted by molar-refractivity contribution is 0.0384. The fourth-order valence-electron chi connectivity index (χ4n) is 4.30. The van der Waals surface area contributed by atoms with E-state index in [1.54, 1.807) is 12.1 Å². The molecule has 2 aromatic rings. The molecule has 2 N–H and O–H groups in total. The Hall–Kier alpha value is -2.90. The minimum absolute atomic E-state index is 0.184. The minimum atomic E-state index is -0.911. The molecule has 7 heteroatoms. The van der Waals surface area contributed by atoms with E-state index in [1.807, 2.05) is 24.3 Å². The molecule has 2 saturated heterocycles. The van der Waals surface area contributed by atoms with Crippen LogP contribution in [0.3, 0.4) is 0 Å². The molecule has 0 bridgehead atoms. The number of hydrogen-bond acceptors (Lipinski definition) is 4. The van der Waals surface area contributed by atoms with Gasteiger partial charge in [0.05, 0.1) is 19.3 Å². The summed E-state index contributed by atoms with van der Waals surface area (Å²) in [6, 6.07) is 15.1. The van der Waals surface area contributed by atoms with E-state index in [0.717, 1.165) is 63.4 Å². The second-order valence-corrected chi connectivity index (χ2v) is 8.11. The smallest absolute Gasteiger partial charge is 0.407 e. The summed E-state index contributed by atoms with van der Waals surface area (Å²) >= 11 is 0. The topological polar surface area (TPSA) is 82.1 Å². The lowest BCUT2D eigenvalue weighted by Crippen LogP contribution is -2.37. The molecule has 2 fully saturated rings. The van der Waals surface area contributed by atoms with Crippen LogP contribution in [0, 0.1) is 0 Å². The van der Waals surface area contributed by atoms with E-state index in [1.165, 1.54) is 10.5 Å². The molecule has 164 valence electrons. The Balaban J connectivity index is 1.35. The number of morpholine rings is 1. The molecule has 2 heterocycles. The van der Waals surface area contributed by atoms with Crippen molar-refractivity contribution in [3.05, 3.63) is 65.2 Å². The van der Waals surface area contributed by atoms with E-state index in [0.29, 0.717) is 12.1 Å². The van der Waals surface area contributed by atoms with Gasteiger partial charge in [-0.05, 0) is 54.7 Å². The highest BCUT2D eigenvalue weighted by Crippen LogP contribution is 2.32. The van der Waals surface area contributed by atoms with E-state index >= 15 is 0 Å². The van der Waals surface area contributed by atoms with Gasteiger partial charge in [0, 0.05) is 37.4 Å². The zero-order chi connectivity index (χ0) is 21.6. The van der Waals surface area contributed by atoms with Gasteiger partial charge in [0.25, 0.3) is 5.91 Å². The number of anilines is 1. The summed E-state index contributed by atoms with van der Waals surface area (Å²) in [4.78, 5) is 28.1. The van der Waals surface area contributed by atoms with Gasteiger partial charge in [0.2, 0.25) is 0 Å². The maximum absolute atomic E-state index is 12.8. The van der Waals surface area contributed by atoms with Crippen LogP contribution in [0.4, 0.5) is 10.5 Å². The first-order valence-electron chi connectivity index (χ1n) is 10.9. The number of likely N-dealkylation sites (tertiary alicyclic amines) is 1. The van der Waals surface area contributed by atoms with Gasteiger partial charge < -0.3 is 20.1 Å². The molecule has 1 atom stereocenters. The van der Waals surface area contributed by atoms with E-state index < -0.39 is 6.09 Å². The zero-order valence-electron chi connectivity index (χ0n) is 17.6. The highest BCUT2D eigenvalue weighted by molar-refractivity contribution is 6.04. The Morgan fingerprint density at radius 1 is 1.06 bits per heavy atom. The van der Waals surface area contributed by atoms with Crippen LogP contribution < -0.4 is 5.32 Å². The van der Waals surface area contributed by atoms with Crippen molar-refractivity contribution in [2.24, 2.45) is 0 Å².